The molecule has 1 unspecified atom stereocenters. The molecule has 0 spiro atoms. The highest BCUT2D eigenvalue weighted by Gasteiger charge is 2.39. The smallest absolute Gasteiger partial charge is 0.242 e. The molecule has 1 aliphatic heterocycles. The highest BCUT2D eigenvalue weighted by molar-refractivity contribution is 5.86. The molecule has 1 amide bonds. The van der Waals surface area contributed by atoms with E-state index in [1.807, 2.05) is 0 Å². The van der Waals surface area contributed by atoms with E-state index in [2.05, 4.69) is 5.32 Å². The Morgan fingerprint density at radius 3 is 2.59 bits per heavy atom. The monoisotopic (exact) mass is 242 g/mol. The summed E-state index contributed by atoms with van der Waals surface area (Å²) in [5, 5.41) is 13.0. The third kappa shape index (κ3) is 2.97. The molecular weight excluding hydrogens is 220 g/mol. The van der Waals surface area contributed by atoms with Crippen LogP contribution in [0, 0.1) is 0 Å². The van der Waals surface area contributed by atoms with Gasteiger partial charge in [0.2, 0.25) is 5.91 Å². The zero-order chi connectivity index (χ0) is 12.4. The van der Waals surface area contributed by atoms with Crippen molar-refractivity contribution in [2.75, 3.05) is 19.8 Å². The Hall–Kier alpha value is -0.650. The lowest BCUT2D eigenvalue weighted by Gasteiger charge is -2.33. The van der Waals surface area contributed by atoms with Crippen molar-refractivity contribution >= 4 is 5.91 Å². The molecule has 0 radical (unpaired) electrons. The van der Waals surface area contributed by atoms with Gasteiger partial charge in [-0.3, -0.25) is 4.79 Å². The second-order valence-electron chi connectivity index (χ2n) is 5.43. The maximum atomic E-state index is 11.9. The maximum Gasteiger partial charge on any atom is 0.242 e. The van der Waals surface area contributed by atoms with Crippen LogP contribution in [-0.2, 0) is 9.53 Å². The van der Waals surface area contributed by atoms with Crippen LogP contribution in [0.2, 0.25) is 0 Å². The molecular formula is C12H22N2O3. The van der Waals surface area contributed by atoms with E-state index in [-0.39, 0.29) is 12.5 Å². The van der Waals surface area contributed by atoms with Crippen molar-refractivity contribution in [1.29, 1.82) is 0 Å². The molecule has 1 saturated carbocycles. The number of carbonyl (C=O) groups excluding carboxylic acids is 1. The first-order valence-electron chi connectivity index (χ1n) is 6.42. The van der Waals surface area contributed by atoms with E-state index in [1.165, 1.54) is 6.42 Å². The van der Waals surface area contributed by atoms with Crippen molar-refractivity contribution in [3.63, 3.8) is 0 Å². The quantitative estimate of drug-likeness (QED) is 0.646. The van der Waals surface area contributed by atoms with Crippen molar-refractivity contribution in [2.24, 2.45) is 5.73 Å². The molecule has 17 heavy (non-hydrogen) atoms. The van der Waals surface area contributed by atoms with Gasteiger partial charge in [0.15, 0.2) is 0 Å². The number of ether oxygens (including phenoxy) is 1. The van der Waals surface area contributed by atoms with Crippen LogP contribution in [0.5, 0.6) is 0 Å². The first-order chi connectivity index (χ1) is 8.04. The van der Waals surface area contributed by atoms with Crippen LogP contribution in [0.25, 0.3) is 0 Å². The maximum absolute atomic E-state index is 11.9. The first-order valence-corrected chi connectivity index (χ1v) is 6.42. The molecule has 0 aromatic heterocycles. The number of hydrogen-bond acceptors (Lipinski definition) is 4. The minimum absolute atomic E-state index is 0.200. The fraction of sp³-hybridized carbons (Fsp3) is 0.917. The zero-order valence-corrected chi connectivity index (χ0v) is 10.2. The standard InChI is InChI=1S/C12H22N2O3/c13-12(6-7-17-9-12)10(15)14-8-11(16)4-2-1-3-5-11/h16H,1-9,13H2,(H,14,15). The van der Waals surface area contributed by atoms with Crippen LogP contribution in [-0.4, -0.2) is 41.9 Å². The number of nitrogens with two attached hydrogens (primary N) is 1. The summed E-state index contributed by atoms with van der Waals surface area (Å²) in [6, 6.07) is 0. The van der Waals surface area contributed by atoms with E-state index in [0.29, 0.717) is 19.6 Å². The van der Waals surface area contributed by atoms with Gasteiger partial charge in [0, 0.05) is 13.2 Å². The molecule has 2 aliphatic rings. The fourth-order valence-corrected chi connectivity index (χ4v) is 2.57. The average molecular weight is 242 g/mol. The highest BCUT2D eigenvalue weighted by Crippen LogP contribution is 2.27. The fourth-order valence-electron chi connectivity index (χ4n) is 2.57. The van der Waals surface area contributed by atoms with Crippen molar-refractivity contribution in [3.05, 3.63) is 0 Å². The predicted octanol–water partition coefficient (Wildman–Crippen LogP) is -0.0844. The van der Waals surface area contributed by atoms with Crippen molar-refractivity contribution in [2.45, 2.75) is 49.7 Å². The minimum Gasteiger partial charge on any atom is -0.388 e. The van der Waals surface area contributed by atoms with Crippen LogP contribution in [0.15, 0.2) is 0 Å². The molecule has 0 aromatic carbocycles. The van der Waals surface area contributed by atoms with E-state index >= 15 is 0 Å². The van der Waals surface area contributed by atoms with Crippen LogP contribution >= 0.6 is 0 Å². The number of hydrogen-bond donors (Lipinski definition) is 3. The van der Waals surface area contributed by atoms with E-state index < -0.39 is 11.1 Å². The van der Waals surface area contributed by atoms with Gasteiger partial charge in [-0.2, -0.15) is 0 Å². The summed E-state index contributed by atoms with van der Waals surface area (Å²) in [5.74, 6) is -0.200. The Bertz CT molecular complexity index is 281. The van der Waals surface area contributed by atoms with Gasteiger partial charge in [-0.25, -0.2) is 0 Å². The lowest BCUT2D eigenvalue weighted by atomic mass is 9.84. The topological polar surface area (TPSA) is 84.6 Å². The van der Waals surface area contributed by atoms with Crippen molar-refractivity contribution in [3.8, 4) is 0 Å². The van der Waals surface area contributed by atoms with Gasteiger partial charge in [-0.1, -0.05) is 19.3 Å². The van der Waals surface area contributed by atoms with Crippen molar-refractivity contribution in [1.82, 2.24) is 5.32 Å². The normalized spacial score (nSPS) is 32.4. The Morgan fingerprint density at radius 1 is 1.29 bits per heavy atom. The van der Waals surface area contributed by atoms with Crippen molar-refractivity contribution < 1.29 is 14.6 Å². The largest absolute Gasteiger partial charge is 0.388 e. The minimum atomic E-state index is -0.898. The Kier molecular flexibility index (Phi) is 3.70. The second kappa shape index (κ2) is 4.92. The van der Waals surface area contributed by atoms with Crippen LogP contribution in [0.1, 0.15) is 38.5 Å². The lowest BCUT2D eigenvalue weighted by molar-refractivity contribution is -0.128. The first kappa shape index (κ1) is 12.8. The Morgan fingerprint density at radius 2 is 2.00 bits per heavy atom. The third-order valence-electron chi connectivity index (χ3n) is 3.87. The second-order valence-corrected chi connectivity index (χ2v) is 5.43. The Labute approximate surface area is 102 Å². The van der Waals surface area contributed by atoms with E-state index in [9.17, 15) is 9.90 Å². The summed E-state index contributed by atoms with van der Waals surface area (Å²) >= 11 is 0. The SMILES string of the molecule is NC1(C(=O)NCC2(O)CCCCC2)CCOC1. The van der Waals surface area contributed by atoms with Gasteiger partial charge in [0.25, 0.3) is 0 Å². The van der Waals surface area contributed by atoms with Gasteiger partial charge in [-0.05, 0) is 19.3 Å². The van der Waals surface area contributed by atoms with Gasteiger partial charge >= 0.3 is 0 Å². The predicted molar refractivity (Wildman–Crippen MR) is 63.4 cm³/mol. The average Bonchev–Trinajstić information content (AvgIpc) is 2.75. The van der Waals surface area contributed by atoms with Crippen LogP contribution in [0.3, 0.4) is 0 Å². The molecule has 1 aliphatic carbocycles. The number of nitrogens with one attached hydrogen (secondary N) is 1. The summed E-state index contributed by atoms with van der Waals surface area (Å²) in [6.07, 6.45) is 5.32. The molecule has 0 aromatic rings. The summed E-state index contributed by atoms with van der Waals surface area (Å²) in [5.41, 5.74) is 4.31. The number of aliphatic hydroxyl groups is 1. The summed E-state index contributed by atoms with van der Waals surface area (Å²) in [4.78, 5) is 11.9. The number of carbonyl (C=O) groups is 1. The highest BCUT2D eigenvalue weighted by atomic mass is 16.5. The summed E-state index contributed by atoms with van der Waals surface area (Å²) in [7, 11) is 0. The zero-order valence-electron chi connectivity index (χ0n) is 10.2. The van der Waals surface area contributed by atoms with Gasteiger partial charge in [0.05, 0.1) is 12.2 Å². The molecule has 1 saturated heterocycles. The molecule has 2 rings (SSSR count). The molecule has 1 atom stereocenters. The number of rotatable bonds is 3. The molecule has 98 valence electrons. The lowest BCUT2D eigenvalue weighted by Crippen LogP contribution is -2.57. The number of amides is 1. The van der Waals surface area contributed by atoms with Crippen LogP contribution < -0.4 is 11.1 Å². The van der Waals surface area contributed by atoms with Gasteiger partial charge < -0.3 is 20.9 Å². The summed E-state index contributed by atoms with van der Waals surface area (Å²) in [6.45, 7) is 1.12. The van der Waals surface area contributed by atoms with Gasteiger partial charge in [-0.15, -0.1) is 0 Å². The molecule has 4 N–H and O–H groups in total. The molecule has 0 bridgehead atoms. The molecule has 1 heterocycles. The van der Waals surface area contributed by atoms with E-state index in [4.69, 9.17) is 10.5 Å². The van der Waals surface area contributed by atoms with Gasteiger partial charge in [0.1, 0.15) is 5.54 Å². The molecule has 5 nitrogen and oxygen atoms in total. The summed E-state index contributed by atoms with van der Waals surface area (Å²) < 4.78 is 5.15. The third-order valence-corrected chi connectivity index (χ3v) is 3.87. The van der Waals surface area contributed by atoms with Crippen LogP contribution in [0.4, 0.5) is 0 Å². The van der Waals surface area contributed by atoms with E-state index in [0.717, 1.165) is 25.7 Å². The Balaban J connectivity index is 1.83. The molecule has 2 fully saturated rings. The molecule has 5 heteroatoms. The van der Waals surface area contributed by atoms with E-state index in [1.54, 1.807) is 0 Å².